The molecular weight excluding hydrogens is 260 g/mol. The Morgan fingerprint density at radius 3 is 2.52 bits per heavy atom. The van der Waals surface area contributed by atoms with Crippen molar-refractivity contribution in [2.45, 2.75) is 6.04 Å². The average molecular weight is 278 g/mol. The highest BCUT2D eigenvalue weighted by molar-refractivity contribution is 5.48. The molecule has 106 valence electrons. The van der Waals surface area contributed by atoms with Crippen LogP contribution in [0.15, 0.2) is 73.1 Å². The van der Waals surface area contributed by atoms with Gasteiger partial charge in [0.15, 0.2) is 0 Å². The number of benzene rings is 2. The van der Waals surface area contributed by atoms with E-state index in [0.29, 0.717) is 0 Å². The molecule has 1 heterocycles. The van der Waals surface area contributed by atoms with Crippen LogP contribution in [-0.4, -0.2) is 12.1 Å². The second-order valence-corrected chi connectivity index (χ2v) is 4.84. The first kappa shape index (κ1) is 13.3. The molecule has 1 N–H and O–H groups in total. The van der Waals surface area contributed by atoms with Gasteiger partial charge in [-0.1, -0.05) is 42.5 Å². The first-order valence-corrected chi connectivity index (χ1v) is 6.95. The summed E-state index contributed by atoms with van der Waals surface area (Å²) >= 11 is 0. The average Bonchev–Trinajstić information content (AvgIpc) is 3.02. The highest BCUT2D eigenvalue weighted by Gasteiger charge is 2.18. The van der Waals surface area contributed by atoms with Gasteiger partial charge in [-0.2, -0.15) is 0 Å². The molecule has 3 nitrogen and oxygen atoms in total. The Kier molecular flexibility index (Phi) is 3.92. The lowest BCUT2D eigenvalue weighted by Gasteiger charge is -2.23. The Bertz CT molecular complexity index is 632. The number of ether oxygens (including phenoxy) is 1. The quantitative estimate of drug-likeness (QED) is 0.922. The fourth-order valence-corrected chi connectivity index (χ4v) is 2.33. The second kappa shape index (κ2) is 6.18. The molecule has 2 aromatic carbocycles. The van der Waals surface area contributed by atoms with E-state index in [0.717, 1.165) is 5.75 Å². The third-order valence-electron chi connectivity index (χ3n) is 3.49. The van der Waals surface area contributed by atoms with Crippen molar-refractivity contribution in [2.75, 3.05) is 7.11 Å². The molecule has 2 aromatic rings. The van der Waals surface area contributed by atoms with E-state index < -0.39 is 0 Å². The van der Waals surface area contributed by atoms with Crippen LogP contribution >= 0.6 is 0 Å². The lowest BCUT2D eigenvalue weighted by Crippen LogP contribution is -2.26. The summed E-state index contributed by atoms with van der Waals surface area (Å²) in [6, 6.07) is 18.6. The van der Waals surface area contributed by atoms with Crippen molar-refractivity contribution in [1.82, 2.24) is 10.4 Å². The molecule has 0 aromatic heterocycles. The largest absolute Gasteiger partial charge is 0.497 e. The monoisotopic (exact) mass is 278 g/mol. The van der Waals surface area contributed by atoms with Crippen molar-refractivity contribution in [2.24, 2.45) is 0 Å². The summed E-state index contributed by atoms with van der Waals surface area (Å²) in [5, 5.41) is 2.08. The number of methoxy groups -OCH3 is 1. The molecule has 1 aliphatic heterocycles. The van der Waals surface area contributed by atoms with Gasteiger partial charge in [0.25, 0.3) is 0 Å². The van der Waals surface area contributed by atoms with E-state index in [9.17, 15) is 0 Å². The Morgan fingerprint density at radius 2 is 1.81 bits per heavy atom. The summed E-state index contributed by atoms with van der Waals surface area (Å²) in [7, 11) is 1.68. The molecule has 3 heteroatoms. The number of nitrogens with zero attached hydrogens (tertiary/aromatic N) is 1. The van der Waals surface area contributed by atoms with Crippen LogP contribution < -0.4 is 10.2 Å². The number of rotatable bonds is 4. The molecule has 0 amide bonds. The second-order valence-electron chi connectivity index (χ2n) is 4.84. The third kappa shape index (κ3) is 3.08. The van der Waals surface area contributed by atoms with Gasteiger partial charge in [-0.3, -0.25) is 5.01 Å². The van der Waals surface area contributed by atoms with Crippen LogP contribution in [0.2, 0.25) is 0 Å². The van der Waals surface area contributed by atoms with Gasteiger partial charge in [0, 0.05) is 12.4 Å². The lowest BCUT2D eigenvalue weighted by atomic mass is 10.1. The van der Waals surface area contributed by atoms with Gasteiger partial charge in [-0.05, 0) is 35.4 Å². The van der Waals surface area contributed by atoms with Crippen molar-refractivity contribution in [3.05, 3.63) is 84.2 Å². The molecule has 3 rings (SSSR count). The summed E-state index contributed by atoms with van der Waals surface area (Å²) in [5.41, 5.74) is 5.64. The predicted molar refractivity (Wildman–Crippen MR) is 85.3 cm³/mol. The van der Waals surface area contributed by atoms with E-state index in [-0.39, 0.29) is 6.04 Å². The smallest absolute Gasteiger partial charge is 0.118 e. The third-order valence-corrected chi connectivity index (χ3v) is 3.49. The molecule has 21 heavy (non-hydrogen) atoms. The van der Waals surface area contributed by atoms with Crippen LogP contribution in [0.3, 0.4) is 0 Å². The number of nitrogens with one attached hydrogen (secondary N) is 1. The minimum absolute atomic E-state index is 0.191. The van der Waals surface area contributed by atoms with Crippen LogP contribution in [0.4, 0.5) is 0 Å². The minimum atomic E-state index is 0.191. The van der Waals surface area contributed by atoms with Crippen LogP contribution in [0, 0.1) is 0 Å². The molecule has 0 radical (unpaired) electrons. The van der Waals surface area contributed by atoms with E-state index in [1.165, 1.54) is 11.1 Å². The molecule has 1 aliphatic rings. The van der Waals surface area contributed by atoms with Gasteiger partial charge in [0.2, 0.25) is 0 Å². The fourth-order valence-electron chi connectivity index (χ4n) is 2.33. The zero-order valence-electron chi connectivity index (χ0n) is 11.9. The summed E-state index contributed by atoms with van der Waals surface area (Å²) in [6.07, 6.45) is 8.25. The van der Waals surface area contributed by atoms with Crippen LogP contribution in [0.25, 0.3) is 6.08 Å². The molecule has 0 spiro atoms. The van der Waals surface area contributed by atoms with Crippen molar-refractivity contribution >= 4 is 6.08 Å². The van der Waals surface area contributed by atoms with E-state index >= 15 is 0 Å². The highest BCUT2D eigenvalue weighted by Crippen LogP contribution is 2.26. The van der Waals surface area contributed by atoms with E-state index in [1.807, 2.05) is 36.5 Å². The molecular formula is C18H18N2O. The van der Waals surface area contributed by atoms with Crippen molar-refractivity contribution < 1.29 is 4.74 Å². The number of hydrogen-bond donors (Lipinski definition) is 1. The molecule has 0 saturated heterocycles. The maximum atomic E-state index is 5.20. The first-order valence-electron chi connectivity index (χ1n) is 6.95. The SMILES string of the molecule is COc1ccc(C2C=CNN2C=Cc2ccccc2)cc1. The summed E-state index contributed by atoms with van der Waals surface area (Å²) < 4.78 is 5.20. The summed E-state index contributed by atoms with van der Waals surface area (Å²) in [5.74, 6) is 0.875. The topological polar surface area (TPSA) is 24.5 Å². The normalized spacial score (nSPS) is 17.2. The molecule has 0 fully saturated rings. The fraction of sp³-hybridized carbons (Fsp3) is 0.111. The van der Waals surface area contributed by atoms with E-state index in [4.69, 9.17) is 4.74 Å². The standard InChI is InChI=1S/C18H18N2O/c1-21-17-9-7-16(8-10-17)18-11-13-19-20(18)14-12-15-5-3-2-4-6-15/h2-14,18-19H,1H3. The number of hydrogen-bond acceptors (Lipinski definition) is 3. The maximum absolute atomic E-state index is 5.20. The van der Waals surface area contributed by atoms with Crippen LogP contribution in [0.5, 0.6) is 5.75 Å². The van der Waals surface area contributed by atoms with Crippen molar-refractivity contribution in [3.8, 4) is 5.75 Å². The van der Waals surface area contributed by atoms with Gasteiger partial charge in [0.1, 0.15) is 5.75 Å². The van der Waals surface area contributed by atoms with Crippen LogP contribution in [-0.2, 0) is 0 Å². The van der Waals surface area contributed by atoms with Crippen molar-refractivity contribution in [1.29, 1.82) is 0 Å². The van der Waals surface area contributed by atoms with E-state index in [1.54, 1.807) is 7.11 Å². The zero-order chi connectivity index (χ0) is 14.5. The Balaban J connectivity index is 1.75. The Hall–Kier alpha value is -2.68. The lowest BCUT2D eigenvalue weighted by molar-refractivity contribution is 0.297. The summed E-state index contributed by atoms with van der Waals surface area (Å²) in [6.45, 7) is 0. The first-order chi connectivity index (χ1) is 10.4. The summed E-state index contributed by atoms with van der Waals surface area (Å²) in [4.78, 5) is 0. The minimum Gasteiger partial charge on any atom is -0.497 e. The predicted octanol–water partition coefficient (Wildman–Crippen LogP) is 3.74. The van der Waals surface area contributed by atoms with Gasteiger partial charge in [-0.25, -0.2) is 0 Å². The molecule has 1 atom stereocenters. The molecule has 0 bridgehead atoms. The van der Waals surface area contributed by atoms with Crippen LogP contribution in [0.1, 0.15) is 17.2 Å². The van der Waals surface area contributed by atoms with E-state index in [2.05, 4.69) is 53.1 Å². The molecule has 0 aliphatic carbocycles. The van der Waals surface area contributed by atoms with Gasteiger partial charge >= 0.3 is 0 Å². The maximum Gasteiger partial charge on any atom is 0.118 e. The van der Waals surface area contributed by atoms with Gasteiger partial charge in [0.05, 0.1) is 13.2 Å². The Morgan fingerprint density at radius 1 is 1.05 bits per heavy atom. The number of hydrazine groups is 1. The molecule has 0 saturated carbocycles. The zero-order valence-corrected chi connectivity index (χ0v) is 11.9. The van der Waals surface area contributed by atoms with Crippen molar-refractivity contribution in [3.63, 3.8) is 0 Å². The van der Waals surface area contributed by atoms with Gasteiger partial charge < -0.3 is 10.2 Å². The Labute approximate surface area is 125 Å². The molecule has 1 unspecified atom stereocenters. The van der Waals surface area contributed by atoms with Gasteiger partial charge in [-0.15, -0.1) is 0 Å². The highest BCUT2D eigenvalue weighted by atomic mass is 16.5.